The molecule has 28 heavy (non-hydrogen) atoms. The largest absolute Gasteiger partial charge is 0.497 e. The molecule has 1 aromatic heterocycles. The van der Waals surface area contributed by atoms with Crippen molar-refractivity contribution in [1.82, 2.24) is 15.5 Å². The molecule has 8 nitrogen and oxygen atoms in total. The van der Waals surface area contributed by atoms with Crippen LogP contribution in [0.15, 0.2) is 53.1 Å². The van der Waals surface area contributed by atoms with Crippen LogP contribution in [0.25, 0.3) is 0 Å². The molecule has 0 fully saturated rings. The predicted octanol–water partition coefficient (Wildman–Crippen LogP) is 2.66. The summed E-state index contributed by atoms with van der Waals surface area (Å²) in [6.07, 6.45) is 0. The Hall–Kier alpha value is -3.55. The highest BCUT2D eigenvalue weighted by Gasteiger charge is 2.09. The number of rotatable bonds is 9. The molecule has 0 aliphatic carbocycles. The molecule has 0 bridgehead atoms. The minimum absolute atomic E-state index is 0.0922. The molecule has 0 unspecified atom stereocenters. The second-order valence-corrected chi connectivity index (χ2v) is 5.95. The minimum Gasteiger partial charge on any atom is -0.497 e. The Morgan fingerprint density at radius 1 is 1.07 bits per heavy atom. The van der Waals surface area contributed by atoms with Crippen LogP contribution in [0.4, 0.5) is 0 Å². The molecule has 2 aromatic carbocycles. The van der Waals surface area contributed by atoms with E-state index < -0.39 is 0 Å². The summed E-state index contributed by atoms with van der Waals surface area (Å²) in [4.78, 5) is 16.1. The fraction of sp³-hybridized carbons (Fsp3) is 0.250. The highest BCUT2D eigenvalue weighted by Crippen LogP contribution is 2.17. The molecular weight excluding hydrogens is 362 g/mol. The summed E-state index contributed by atoms with van der Waals surface area (Å²) in [7, 11) is 1.60. The summed E-state index contributed by atoms with van der Waals surface area (Å²) in [5.41, 5.74) is 1.06. The van der Waals surface area contributed by atoms with Gasteiger partial charge >= 0.3 is 0 Å². The van der Waals surface area contributed by atoms with E-state index in [2.05, 4.69) is 15.5 Å². The van der Waals surface area contributed by atoms with Gasteiger partial charge in [0.25, 0.3) is 5.91 Å². The Bertz CT molecular complexity index is 908. The van der Waals surface area contributed by atoms with Gasteiger partial charge in [0.1, 0.15) is 17.2 Å². The molecule has 0 atom stereocenters. The first kappa shape index (κ1) is 19.2. The number of hydrogen-bond acceptors (Lipinski definition) is 7. The van der Waals surface area contributed by atoms with E-state index in [-0.39, 0.29) is 31.6 Å². The molecule has 0 saturated carbocycles. The Balaban J connectivity index is 1.40. The Labute approximate surface area is 162 Å². The van der Waals surface area contributed by atoms with Gasteiger partial charge in [-0.1, -0.05) is 17.3 Å². The van der Waals surface area contributed by atoms with Gasteiger partial charge in [-0.3, -0.25) is 4.79 Å². The lowest BCUT2D eigenvalue weighted by atomic mass is 10.2. The van der Waals surface area contributed by atoms with Gasteiger partial charge in [0.15, 0.2) is 13.2 Å². The van der Waals surface area contributed by atoms with Gasteiger partial charge < -0.3 is 24.1 Å². The molecule has 3 rings (SSSR count). The molecular formula is C20H21N3O5. The number of aryl methyl sites for hydroxylation is 1. The Morgan fingerprint density at radius 2 is 1.86 bits per heavy atom. The fourth-order valence-electron chi connectivity index (χ4n) is 2.32. The first-order valence-electron chi connectivity index (χ1n) is 8.67. The molecule has 0 saturated heterocycles. The molecule has 8 heteroatoms. The third-order valence-electron chi connectivity index (χ3n) is 3.73. The zero-order valence-corrected chi connectivity index (χ0v) is 15.7. The first-order chi connectivity index (χ1) is 13.6. The van der Waals surface area contributed by atoms with Crippen LogP contribution in [0.2, 0.25) is 0 Å². The quantitative estimate of drug-likeness (QED) is 0.607. The molecule has 1 amide bonds. The summed E-state index contributed by atoms with van der Waals surface area (Å²) in [5.74, 6) is 2.44. The van der Waals surface area contributed by atoms with E-state index in [0.717, 1.165) is 11.3 Å². The number of nitrogens with zero attached hydrogens (tertiary/aromatic N) is 2. The number of hydrogen-bond donors (Lipinski definition) is 1. The van der Waals surface area contributed by atoms with E-state index in [1.807, 2.05) is 25.1 Å². The van der Waals surface area contributed by atoms with Crippen molar-refractivity contribution in [2.24, 2.45) is 0 Å². The molecule has 0 radical (unpaired) electrons. The number of nitrogens with one attached hydrogen (secondary N) is 1. The average molecular weight is 383 g/mol. The standard InChI is InChI=1S/C20H21N3O5/c1-14-4-3-5-17(10-14)27-13-19(24)21-11-20-22-18(23-28-20)12-26-16-8-6-15(25-2)7-9-16/h3-10H,11-13H2,1-2H3,(H,21,24). The van der Waals surface area contributed by atoms with Crippen molar-refractivity contribution in [2.45, 2.75) is 20.1 Å². The van der Waals surface area contributed by atoms with Gasteiger partial charge in [0.2, 0.25) is 11.7 Å². The molecule has 0 spiro atoms. The van der Waals surface area contributed by atoms with Crippen LogP contribution in [0.3, 0.4) is 0 Å². The summed E-state index contributed by atoms with van der Waals surface area (Å²) in [5, 5.41) is 6.50. The Morgan fingerprint density at radius 3 is 2.61 bits per heavy atom. The highest BCUT2D eigenvalue weighted by atomic mass is 16.5. The van der Waals surface area contributed by atoms with Crippen molar-refractivity contribution in [1.29, 1.82) is 0 Å². The van der Waals surface area contributed by atoms with Gasteiger partial charge in [-0.15, -0.1) is 0 Å². The van der Waals surface area contributed by atoms with Crippen molar-refractivity contribution in [2.75, 3.05) is 13.7 Å². The number of benzene rings is 2. The maximum atomic E-state index is 11.9. The zero-order chi connectivity index (χ0) is 19.8. The van der Waals surface area contributed by atoms with E-state index in [0.29, 0.717) is 17.3 Å². The molecule has 1 heterocycles. The van der Waals surface area contributed by atoms with Crippen LogP contribution < -0.4 is 19.5 Å². The van der Waals surface area contributed by atoms with Crippen LogP contribution in [0, 0.1) is 6.92 Å². The lowest BCUT2D eigenvalue weighted by Crippen LogP contribution is -2.28. The van der Waals surface area contributed by atoms with Crippen molar-refractivity contribution in [3.63, 3.8) is 0 Å². The van der Waals surface area contributed by atoms with Crippen LogP contribution in [-0.4, -0.2) is 29.8 Å². The normalized spacial score (nSPS) is 10.4. The molecule has 146 valence electrons. The van der Waals surface area contributed by atoms with Crippen molar-refractivity contribution in [3.05, 3.63) is 65.8 Å². The summed E-state index contributed by atoms with van der Waals surface area (Å²) < 4.78 is 21.2. The Kier molecular flexibility index (Phi) is 6.46. The molecule has 1 N–H and O–H groups in total. The van der Waals surface area contributed by atoms with Gasteiger partial charge in [-0.2, -0.15) is 4.98 Å². The van der Waals surface area contributed by atoms with Crippen LogP contribution in [0.5, 0.6) is 17.2 Å². The SMILES string of the molecule is COc1ccc(OCc2noc(CNC(=O)COc3cccc(C)c3)n2)cc1. The van der Waals surface area contributed by atoms with E-state index in [1.165, 1.54) is 0 Å². The molecule has 0 aliphatic heterocycles. The number of carbonyl (C=O) groups excluding carboxylic acids is 1. The van der Waals surface area contributed by atoms with Gasteiger partial charge in [-0.25, -0.2) is 0 Å². The number of aromatic nitrogens is 2. The first-order valence-corrected chi connectivity index (χ1v) is 8.67. The predicted molar refractivity (Wildman–Crippen MR) is 100 cm³/mol. The maximum absolute atomic E-state index is 11.9. The summed E-state index contributed by atoms with van der Waals surface area (Å²) in [6, 6.07) is 14.7. The van der Waals surface area contributed by atoms with E-state index in [9.17, 15) is 4.79 Å². The third kappa shape index (κ3) is 5.73. The molecule has 3 aromatic rings. The van der Waals surface area contributed by atoms with Crippen LogP contribution in [0.1, 0.15) is 17.3 Å². The average Bonchev–Trinajstić information content (AvgIpc) is 3.17. The second-order valence-electron chi connectivity index (χ2n) is 5.95. The number of amides is 1. The van der Waals surface area contributed by atoms with Crippen molar-refractivity contribution < 1.29 is 23.5 Å². The second kappa shape index (κ2) is 9.40. The van der Waals surface area contributed by atoms with Gasteiger partial charge in [0.05, 0.1) is 13.7 Å². The van der Waals surface area contributed by atoms with Crippen LogP contribution in [-0.2, 0) is 17.9 Å². The lowest BCUT2D eigenvalue weighted by Gasteiger charge is -2.06. The van der Waals surface area contributed by atoms with E-state index >= 15 is 0 Å². The zero-order valence-electron chi connectivity index (χ0n) is 15.7. The van der Waals surface area contributed by atoms with Crippen LogP contribution >= 0.6 is 0 Å². The fourth-order valence-corrected chi connectivity index (χ4v) is 2.32. The summed E-state index contributed by atoms with van der Waals surface area (Å²) in [6.45, 7) is 2.13. The van der Waals surface area contributed by atoms with E-state index in [4.69, 9.17) is 18.7 Å². The van der Waals surface area contributed by atoms with E-state index in [1.54, 1.807) is 37.4 Å². The van der Waals surface area contributed by atoms with Gasteiger partial charge in [0, 0.05) is 0 Å². The number of methoxy groups -OCH3 is 1. The topological polar surface area (TPSA) is 95.7 Å². The van der Waals surface area contributed by atoms with Crippen molar-refractivity contribution >= 4 is 5.91 Å². The number of carbonyl (C=O) groups is 1. The highest BCUT2D eigenvalue weighted by molar-refractivity contribution is 5.77. The summed E-state index contributed by atoms with van der Waals surface area (Å²) >= 11 is 0. The smallest absolute Gasteiger partial charge is 0.258 e. The van der Waals surface area contributed by atoms with Gasteiger partial charge in [-0.05, 0) is 48.9 Å². The number of ether oxygens (including phenoxy) is 3. The molecule has 0 aliphatic rings. The minimum atomic E-state index is -0.282. The lowest BCUT2D eigenvalue weighted by molar-refractivity contribution is -0.123. The third-order valence-corrected chi connectivity index (χ3v) is 3.73. The van der Waals surface area contributed by atoms with Crippen molar-refractivity contribution in [3.8, 4) is 17.2 Å². The monoisotopic (exact) mass is 383 g/mol. The maximum Gasteiger partial charge on any atom is 0.258 e.